The third kappa shape index (κ3) is 2.56. The first-order chi connectivity index (χ1) is 9.75. The molecule has 0 aliphatic heterocycles. The van der Waals surface area contributed by atoms with Crippen molar-refractivity contribution in [1.82, 2.24) is 0 Å². The third-order valence-corrected chi connectivity index (χ3v) is 4.22. The maximum Gasteiger partial charge on any atom is 0.119 e. The summed E-state index contributed by atoms with van der Waals surface area (Å²) in [5, 5.41) is 18.7. The van der Waals surface area contributed by atoms with Gasteiger partial charge in [-0.15, -0.1) is 0 Å². The predicted octanol–water partition coefficient (Wildman–Crippen LogP) is 3.55. The molecular formula is C18H20O2. The molecule has 2 aromatic rings. The zero-order valence-corrected chi connectivity index (χ0v) is 11.5. The monoisotopic (exact) mass is 268 g/mol. The summed E-state index contributed by atoms with van der Waals surface area (Å²) in [6, 6.07) is 13.9. The summed E-state index contributed by atoms with van der Waals surface area (Å²) in [5.41, 5.74) is 4.94. The molecule has 2 aliphatic carbocycles. The highest BCUT2D eigenvalue weighted by molar-refractivity contribution is 5.41. The first-order valence-electron chi connectivity index (χ1n) is 7.31. The summed E-state index contributed by atoms with van der Waals surface area (Å²) in [7, 11) is 0. The Morgan fingerprint density at radius 2 is 1.65 bits per heavy atom. The van der Waals surface area contributed by atoms with Crippen LogP contribution in [0.3, 0.4) is 0 Å². The normalized spacial score (nSPS) is 18.9. The SMILES string of the molecule is OC1CCc2ccccc21.Oc1cccc2c1CCC2. The van der Waals surface area contributed by atoms with Crippen molar-refractivity contribution in [2.45, 2.75) is 38.2 Å². The Kier molecular flexibility index (Phi) is 3.75. The Morgan fingerprint density at radius 1 is 0.850 bits per heavy atom. The molecule has 0 bridgehead atoms. The number of aliphatic hydroxyl groups excluding tert-OH is 1. The van der Waals surface area contributed by atoms with Crippen LogP contribution in [0.25, 0.3) is 0 Å². The van der Waals surface area contributed by atoms with Gasteiger partial charge in [-0.3, -0.25) is 0 Å². The summed E-state index contributed by atoms with van der Waals surface area (Å²) < 4.78 is 0. The Morgan fingerprint density at radius 3 is 2.45 bits per heavy atom. The van der Waals surface area contributed by atoms with Crippen molar-refractivity contribution >= 4 is 0 Å². The van der Waals surface area contributed by atoms with Crippen LogP contribution in [-0.2, 0) is 19.3 Å². The quantitative estimate of drug-likeness (QED) is 0.767. The van der Waals surface area contributed by atoms with E-state index in [1.165, 1.54) is 23.1 Å². The van der Waals surface area contributed by atoms with Crippen molar-refractivity contribution in [2.75, 3.05) is 0 Å². The molecule has 4 rings (SSSR count). The van der Waals surface area contributed by atoms with E-state index >= 15 is 0 Å². The van der Waals surface area contributed by atoms with E-state index in [4.69, 9.17) is 0 Å². The Labute approximate surface area is 119 Å². The number of rotatable bonds is 0. The molecule has 2 aromatic carbocycles. The maximum atomic E-state index is 9.38. The maximum absolute atomic E-state index is 9.38. The van der Waals surface area contributed by atoms with Crippen molar-refractivity contribution in [1.29, 1.82) is 0 Å². The number of benzene rings is 2. The molecule has 2 heteroatoms. The van der Waals surface area contributed by atoms with Gasteiger partial charge in [-0.2, -0.15) is 0 Å². The van der Waals surface area contributed by atoms with Crippen LogP contribution >= 0.6 is 0 Å². The van der Waals surface area contributed by atoms with Gasteiger partial charge in [0.05, 0.1) is 6.10 Å². The fourth-order valence-corrected chi connectivity index (χ4v) is 3.13. The first-order valence-corrected chi connectivity index (χ1v) is 7.31. The highest BCUT2D eigenvalue weighted by atomic mass is 16.3. The van der Waals surface area contributed by atoms with E-state index in [9.17, 15) is 10.2 Å². The van der Waals surface area contributed by atoms with Gasteiger partial charge in [-0.25, -0.2) is 0 Å². The lowest BCUT2D eigenvalue weighted by Crippen LogP contribution is -1.88. The average Bonchev–Trinajstić information content (AvgIpc) is 3.08. The minimum Gasteiger partial charge on any atom is -0.508 e. The van der Waals surface area contributed by atoms with Gasteiger partial charge in [0.2, 0.25) is 0 Å². The van der Waals surface area contributed by atoms with E-state index in [0.717, 1.165) is 31.2 Å². The molecular weight excluding hydrogens is 248 g/mol. The Balaban J connectivity index is 0.000000121. The molecule has 2 aliphatic rings. The van der Waals surface area contributed by atoms with Crippen molar-refractivity contribution in [2.24, 2.45) is 0 Å². The molecule has 2 nitrogen and oxygen atoms in total. The fraction of sp³-hybridized carbons (Fsp3) is 0.333. The second kappa shape index (κ2) is 5.68. The van der Waals surface area contributed by atoms with Crippen molar-refractivity contribution in [3.63, 3.8) is 0 Å². The van der Waals surface area contributed by atoms with E-state index in [1.807, 2.05) is 24.3 Å². The molecule has 0 radical (unpaired) electrons. The third-order valence-electron chi connectivity index (χ3n) is 4.22. The van der Waals surface area contributed by atoms with E-state index in [2.05, 4.69) is 12.1 Å². The van der Waals surface area contributed by atoms with Crippen molar-refractivity contribution in [3.8, 4) is 5.75 Å². The minimum atomic E-state index is -0.198. The lowest BCUT2D eigenvalue weighted by atomic mass is 10.1. The van der Waals surface area contributed by atoms with Crippen molar-refractivity contribution in [3.05, 3.63) is 64.7 Å². The van der Waals surface area contributed by atoms with Crippen LogP contribution in [-0.4, -0.2) is 10.2 Å². The lowest BCUT2D eigenvalue weighted by Gasteiger charge is -2.00. The number of aliphatic hydroxyl groups is 1. The van der Waals surface area contributed by atoms with Crippen LogP contribution < -0.4 is 0 Å². The van der Waals surface area contributed by atoms with Crippen LogP contribution in [0.5, 0.6) is 5.75 Å². The highest BCUT2D eigenvalue weighted by Gasteiger charge is 2.18. The second-order valence-corrected chi connectivity index (χ2v) is 5.52. The molecule has 1 unspecified atom stereocenters. The average molecular weight is 268 g/mol. The number of aromatic hydroxyl groups is 1. The topological polar surface area (TPSA) is 40.5 Å². The van der Waals surface area contributed by atoms with Gasteiger partial charge in [0.15, 0.2) is 0 Å². The van der Waals surface area contributed by atoms with Gasteiger partial charge in [0.1, 0.15) is 5.75 Å². The summed E-state index contributed by atoms with van der Waals surface area (Å²) in [6.45, 7) is 0. The summed E-state index contributed by atoms with van der Waals surface area (Å²) in [6.07, 6.45) is 5.14. The van der Waals surface area contributed by atoms with Gasteiger partial charge >= 0.3 is 0 Å². The van der Waals surface area contributed by atoms with E-state index < -0.39 is 0 Å². The Hall–Kier alpha value is -1.80. The van der Waals surface area contributed by atoms with Crippen molar-refractivity contribution < 1.29 is 10.2 Å². The number of hydrogen-bond acceptors (Lipinski definition) is 2. The number of fused-ring (bicyclic) bond motifs is 2. The molecule has 20 heavy (non-hydrogen) atoms. The largest absolute Gasteiger partial charge is 0.508 e. The van der Waals surface area contributed by atoms with Crippen LogP contribution in [0.1, 0.15) is 41.2 Å². The van der Waals surface area contributed by atoms with Crippen LogP contribution in [0.4, 0.5) is 0 Å². The summed E-state index contributed by atoms with van der Waals surface area (Å²) >= 11 is 0. The molecule has 0 heterocycles. The second-order valence-electron chi connectivity index (χ2n) is 5.52. The number of hydrogen-bond donors (Lipinski definition) is 2. The van der Waals surface area contributed by atoms with Crippen LogP contribution in [0, 0.1) is 0 Å². The molecule has 1 atom stereocenters. The summed E-state index contributed by atoms with van der Waals surface area (Å²) in [4.78, 5) is 0. The molecule has 0 aromatic heterocycles. The molecule has 0 saturated heterocycles. The molecule has 0 spiro atoms. The zero-order valence-electron chi connectivity index (χ0n) is 11.5. The zero-order chi connectivity index (χ0) is 13.9. The smallest absolute Gasteiger partial charge is 0.119 e. The standard InChI is InChI=1S/2C9H10O/c10-9-6-2-4-7-3-1-5-8(7)9;10-9-6-5-7-3-1-2-4-8(7)9/h2,4,6,10H,1,3,5H2;1-4,9-10H,5-6H2. The van der Waals surface area contributed by atoms with Crippen LogP contribution in [0.2, 0.25) is 0 Å². The van der Waals surface area contributed by atoms with Gasteiger partial charge < -0.3 is 10.2 Å². The van der Waals surface area contributed by atoms with Gasteiger partial charge in [-0.1, -0.05) is 36.4 Å². The fourth-order valence-electron chi connectivity index (χ4n) is 3.13. The molecule has 0 fully saturated rings. The number of phenols is 1. The molecule has 0 amide bonds. The molecule has 2 N–H and O–H groups in total. The minimum absolute atomic E-state index is 0.198. The Bertz CT molecular complexity index is 604. The van der Waals surface area contributed by atoms with Gasteiger partial charge in [-0.05, 0) is 60.4 Å². The number of aryl methyl sites for hydroxylation is 2. The summed E-state index contributed by atoms with van der Waals surface area (Å²) in [5.74, 6) is 0.481. The predicted molar refractivity (Wildman–Crippen MR) is 79.9 cm³/mol. The van der Waals surface area contributed by atoms with Gasteiger partial charge in [0, 0.05) is 0 Å². The van der Waals surface area contributed by atoms with E-state index in [0.29, 0.717) is 5.75 Å². The van der Waals surface area contributed by atoms with E-state index in [1.54, 1.807) is 6.07 Å². The number of phenolic OH excluding ortho intramolecular Hbond substituents is 1. The molecule has 0 saturated carbocycles. The highest BCUT2D eigenvalue weighted by Crippen LogP contribution is 2.30. The van der Waals surface area contributed by atoms with Crippen LogP contribution in [0.15, 0.2) is 42.5 Å². The first kappa shape index (κ1) is 13.2. The molecule has 104 valence electrons. The van der Waals surface area contributed by atoms with E-state index in [-0.39, 0.29) is 6.10 Å². The van der Waals surface area contributed by atoms with Gasteiger partial charge in [0.25, 0.3) is 0 Å². The lowest BCUT2D eigenvalue weighted by molar-refractivity contribution is 0.180.